The highest BCUT2D eigenvalue weighted by molar-refractivity contribution is 6.30. The van der Waals surface area contributed by atoms with Crippen LogP contribution in [-0.2, 0) is 11.0 Å². The SMILES string of the molecule is COc1ccc(-c2nc(C(=O)N3CCN(C(=O)C(Oc4ccc(Cl)cc4)c4ccccc4)CC3)c([C@H](C)N)o2)c2ccc(C(F)(F)F)nc12. The van der Waals surface area contributed by atoms with Gasteiger partial charge in [0.1, 0.15) is 22.7 Å². The highest BCUT2D eigenvalue weighted by atomic mass is 35.5. The monoisotopic (exact) mass is 693 g/mol. The molecule has 2 aromatic heterocycles. The Hall–Kier alpha value is -5.14. The number of hydrogen-bond donors (Lipinski definition) is 1. The Balaban J connectivity index is 1.23. The molecule has 5 aromatic rings. The number of alkyl halides is 3. The smallest absolute Gasteiger partial charge is 0.433 e. The van der Waals surface area contributed by atoms with Crippen LogP contribution < -0.4 is 15.2 Å². The molecule has 0 spiro atoms. The summed E-state index contributed by atoms with van der Waals surface area (Å²) in [6.45, 7) is 2.48. The van der Waals surface area contributed by atoms with Crippen LogP contribution in [0, 0.1) is 0 Å². The van der Waals surface area contributed by atoms with Gasteiger partial charge in [-0.3, -0.25) is 9.59 Å². The lowest BCUT2D eigenvalue weighted by Crippen LogP contribution is -2.52. The molecule has 3 heterocycles. The van der Waals surface area contributed by atoms with Gasteiger partial charge in [0.2, 0.25) is 12.0 Å². The third-order valence-corrected chi connectivity index (χ3v) is 8.36. The second-order valence-corrected chi connectivity index (χ2v) is 11.8. The van der Waals surface area contributed by atoms with Crippen molar-refractivity contribution < 1.29 is 36.7 Å². The van der Waals surface area contributed by atoms with E-state index in [9.17, 15) is 22.8 Å². The van der Waals surface area contributed by atoms with Crippen LogP contribution in [0.5, 0.6) is 11.5 Å². The van der Waals surface area contributed by atoms with Crippen LogP contribution in [0.1, 0.15) is 46.6 Å². The molecule has 1 unspecified atom stereocenters. The number of halogens is 4. The summed E-state index contributed by atoms with van der Waals surface area (Å²) in [6, 6.07) is 20.3. The molecule has 14 heteroatoms. The number of oxazole rings is 1. The van der Waals surface area contributed by atoms with Gasteiger partial charge < -0.3 is 29.4 Å². The van der Waals surface area contributed by atoms with Gasteiger partial charge in [-0.1, -0.05) is 41.9 Å². The first-order valence-electron chi connectivity index (χ1n) is 15.3. The lowest BCUT2D eigenvalue weighted by atomic mass is 10.1. The Morgan fingerprint density at radius 2 is 1.59 bits per heavy atom. The Kier molecular flexibility index (Phi) is 9.48. The number of nitrogens with zero attached hydrogens (tertiary/aromatic N) is 4. The molecule has 6 rings (SSSR count). The molecule has 0 saturated carbocycles. The zero-order valence-corrected chi connectivity index (χ0v) is 27.2. The fraction of sp³-hybridized carbons (Fsp3) is 0.257. The summed E-state index contributed by atoms with van der Waals surface area (Å²) in [5.74, 6) is -0.0114. The van der Waals surface area contributed by atoms with Crippen LogP contribution in [0.15, 0.2) is 83.3 Å². The minimum Gasteiger partial charge on any atom is -0.494 e. The second kappa shape index (κ2) is 13.8. The summed E-state index contributed by atoms with van der Waals surface area (Å²) in [5.41, 5.74) is 6.01. The van der Waals surface area contributed by atoms with Crippen molar-refractivity contribution >= 4 is 34.3 Å². The van der Waals surface area contributed by atoms with E-state index in [4.69, 9.17) is 31.2 Å². The second-order valence-electron chi connectivity index (χ2n) is 11.4. The fourth-order valence-corrected chi connectivity index (χ4v) is 5.72. The van der Waals surface area contributed by atoms with Crippen molar-refractivity contribution in [1.29, 1.82) is 0 Å². The van der Waals surface area contributed by atoms with Crippen molar-refractivity contribution in [3.8, 4) is 23.0 Å². The van der Waals surface area contributed by atoms with Gasteiger partial charge in [0.05, 0.1) is 13.2 Å². The number of nitrogens with two attached hydrogens (primary N) is 1. The summed E-state index contributed by atoms with van der Waals surface area (Å²) < 4.78 is 57.7. The first-order valence-corrected chi connectivity index (χ1v) is 15.7. The summed E-state index contributed by atoms with van der Waals surface area (Å²) in [6.07, 6.45) is -5.59. The van der Waals surface area contributed by atoms with Crippen LogP contribution >= 0.6 is 11.6 Å². The number of ether oxygens (including phenoxy) is 2. The maximum Gasteiger partial charge on any atom is 0.433 e. The van der Waals surface area contributed by atoms with Crippen molar-refractivity contribution in [2.75, 3.05) is 33.3 Å². The Labute approximate surface area is 284 Å². The normalized spacial score (nSPS) is 14.8. The van der Waals surface area contributed by atoms with Crippen molar-refractivity contribution in [2.24, 2.45) is 5.73 Å². The predicted octanol–water partition coefficient (Wildman–Crippen LogP) is 6.70. The summed E-state index contributed by atoms with van der Waals surface area (Å²) in [7, 11) is 1.33. The average Bonchev–Trinajstić information content (AvgIpc) is 3.56. The Bertz CT molecular complexity index is 1980. The lowest BCUT2D eigenvalue weighted by molar-refractivity contribution is -0.141. The van der Waals surface area contributed by atoms with E-state index in [-0.39, 0.29) is 66.1 Å². The van der Waals surface area contributed by atoms with E-state index in [1.165, 1.54) is 19.2 Å². The Morgan fingerprint density at radius 1 is 0.918 bits per heavy atom. The Morgan fingerprint density at radius 3 is 2.22 bits per heavy atom. The molecule has 0 radical (unpaired) electrons. The molecule has 2 amide bonds. The van der Waals surface area contributed by atoms with Crippen LogP contribution in [0.3, 0.4) is 0 Å². The van der Waals surface area contributed by atoms with Crippen LogP contribution in [0.25, 0.3) is 22.4 Å². The molecular weight excluding hydrogens is 663 g/mol. The van der Waals surface area contributed by atoms with E-state index in [2.05, 4.69) is 9.97 Å². The number of carbonyl (C=O) groups is 2. The number of hydrogen-bond acceptors (Lipinski definition) is 8. The highest BCUT2D eigenvalue weighted by Gasteiger charge is 2.35. The van der Waals surface area contributed by atoms with Crippen molar-refractivity contribution in [3.63, 3.8) is 0 Å². The number of aromatic nitrogens is 2. The largest absolute Gasteiger partial charge is 0.494 e. The first-order chi connectivity index (χ1) is 23.4. The van der Waals surface area contributed by atoms with E-state index in [0.717, 1.165) is 6.07 Å². The van der Waals surface area contributed by atoms with Gasteiger partial charge in [-0.2, -0.15) is 13.2 Å². The molecule has 3 aromatic carbocycles. The maximum absolute atomic E-state index is 13.8. The van der Waals surface area contributed by atoms with Crippen LogP contribution in [0.2, 0.25) is 5.02 Å². The number of amides is 2. The fourth-order valence-electron chi connectivity index (χ4n) is 5.59. The van der Waals surface area contributed by atoms with Crippen molar-refractivity contribution in [2.45, 2.75) is 25.2 Å². The van der Waals surface area contributed by atoms with Gasteiger partial charge in [0.25, 0.3) is 11.8 Å². The number of pyridine rings is 1. The molecule has 49 heavy (non-hydrogen) atoms. The maximum atomic E-state index is 13.8. The topological polar surface area (TPSA) is 124 Å². The molecule has 1 aliphatic rings. The molecule has 10 nitrogen and oxygen atoms in total. The van der Waals surface area contributed by atoms with E-state index >= 15 is 0 Å². The third kappa shape index (κ3) is 7.03. The summed E-state index contributed by atoms with van der Waals surface area (Å²) >= 11 is 6.02. The number of carbonyl (C=O) groups excluding carboxylic acids is 2. The first kappa shape index (κ1) is 33.7. The zero-order valence-electron chi connectivity index (χ0n) is 26.4. The predicted molar refractivity (Wildman–Crippen MR) is 175 cm³/mol. The molecule has 254 valence electrons. The average molecular weight is 694 g/mol. The molecule has 2 N–H and O–H groups in total. The number of methoxy groups -OCH3 is 1. The van der Waals surface area contributed by atoms with Crippen molar-refractivity contribution in [3.05, 3.63) is 107 Å². The van der Waals surface area contributed by atoms with E-state index in [1.807, 2.05) is 30.3 Å². The molecule has 1 fully saturated rings. The van der Waals surface area contributed by atoms with Gasteiger partial charge in [-0.15, -0.1) is 0 Å². The van der Waals surface area contributed by atoms with Gasteiger partial charge in [0, 0.05) is 47.7 Å². The summed E-state index contributed by atoms with van der Waals surface area (Å²) in [4.78, 5) is 39.1. The van der Waals surface area contributed by atoms with Crippen LogP contribution in [-0.4, -0.2) is 64.9 Å². The van der Waals surface area contributed by atoms with E-state index in [0.29, 0.717) is 21.9 Å². The quantitative estimate of drug-likeness (QED) is 0.191. The van der Waals surface area contributed by atoms with Crippen molar-refractivity contribution in [1.82, 2.24) is 19.8 Å². The van der Waals surface area contributed by atoms with Crippen LogP contribution in [0.4, 0.5) is 13.2 Å². The van der Waals surface area contributed by atoms with Gasteiger partial charge in [-0.05, 0) is 55.5 Å². The van der Waals surface area contributed by atoms with Gasteiger partial charge in [-0.25, -0.2) is 9.97 Å². The molecule has 0 bridgehead atoms. The zero-order chi connectivity index (χ0) is 34.9. The summed E-state index contributed by atoms with van der Waals surface area (Å²) in [5, 5.41) is 0.820. The number of rotatable bonds is 8. The molecule has 0 aliphatic carbocycles. The number of benzene rings is 3. The molecule has 2 atom stereocenters. The highest BCUT2D eigenvalue weighted by Crippen LogP contribution is 2.38. The lowest BCUT2D eigenvalue weighted by Gasteiger charge is -2.36. The standard InChI is InChI=1S/C35H31ClF3N5O5/c1-20(40)30-29(42-32(49-30)25-12-14-26(47-2)28-24(25)13-15-27(41-28)35(37,38)39)33(45)43-16-18-44(19-17-43)34(46)31(21-6-4-3-5-7-21)48-23-10-8-22(36)9-11-23/h3-15,20,31H,16-19,40H2,1-2H3/t20-,31?/m0/s1. The minimum atomic E-state index is -4.67. The van der Waals surface area contributed by atoms with E-state index < -0.39 is 29.9 Å². The van der Waals surface area contributed by atoms with Gasteiger partial charge >= 0.3 is 6.18 Å². The number of fused-ring (bicyclic) bond motifs is 1. The van der Waals surface area contributed by atoms with E-state index in [1.54, 1.807) is 47.1 Å². The molecule has 1 saturated heterocycles. The molecule has 1 aliphatic heterocycles. The third-order valence-electron chi connectivity index (χ3n) is 8.10. The number of piperazine rings is 1. The van der Waals surface area contributed by atoms with Gasteiger partial charge in [0.15, 0.2) is 11.5 Å². The minimum absolute atomic E-state index is 0.0104. The molecular formula is C35H31ClF3N5O5.